The van der Waals surface area contributed by atoms with E-state index in [1.165, 1.54) is 6.20 Å². The van der Waals surface area contributed by atoms with Crippen molar-refractivity contribution in [2.45, 2.75) is 40.5 Å². The summed E-state index contributed by atoms with van der Waals surface area (Å²) in [5.74, 6) is -2.33. The van der Waals surface area contributed by atoms with Crippen LogP contribution in [0.15, 0.2) is 23.0 Å². The molecule has 1 aliphatic carbocycles. The number of hydrogen-bond acceptors (Lipinski definition) is 6. The average molecular weight is 321 g/mol. The van der Waals surface area contributed by atoms with Crippen molar-refractivity contribution in [3.63, 3.8) is 0 Å². The van der Waals surface area contributed by atoms with Gasteiger partial charge in [0, 0.05) is 23.9 Å². The normalized spacial score (nSPS) is 22.7. The maximum Gasteiger partial charge on any atom is 0.336 e. The molecule has 0 aromatic carbocycles. The van der Waals surface area contributed by atoms with Gasteiger partial charge in [-0.15, -0.1) is 0 Å². The molecule has 0 saturated heterocycles. The van der Waals surface area contributed by atoms with E-state index in [1.54, 1.807) is 13.8 Å². The lowest BCUT2D eigenvalue weighted by Crippen LogP contribution is -2.40. The number of ketones is 1. The molecule has 0 saturated carbocycles. The lowest BCUT2D eigenvalue weighted by atomic mass is 9.71. The van der Waals surface area contributed by atoms with Gasteiger partial charge >= 0.3 is 11.9 Å². The highest BCUT2D eigenvalue weighted by molar-refractivity contribution is 6.08. The molecule has 0 spiro atoms. The summed E-state index contributed by atoms with van der Waals surface area (Å²) in [4.78, 5) is 37.2. The highest BCUT2D eigenvalue weighted by atomic mass is 16.5. The molecule has 126 valence electrons. The third-order valence-corrected chi connectivity index (χ3v) is 3.95. The highest BCUT2D eigenvalue weighted by Crippen LogP contribution is 2.42. The molecule has 2 rings (SSSR count). The largest absolute Gasteiger partial charge is 0.465 e. The van der Waals surface area contributed by atoms with Crippen molar-refractivity contribution in [3.8, 4) is 0 Å². The number of nitrogens with one attached hydrogen (secondary N) is 1. The van der Waals surface area contributed by atoms with Gasteiger partial charge in [0.2, 0.25) is 0 Å². The number of carbonyl (C=O) groups is 3. The van der Waals surface area contributed by atoms with Crippen LogP contribution in [-0.2, 0) is 23.9 Å². The molecular weight excluding hydrogens is 298 g/mol. The molecule has 6 heteroatoms. The van der Waals surface area contributed by atoms with Crippen LogP contribution in [0.3, 0.4) is 0 Å². The van der Waals surface area contributed by atoms with Crippen LogP contribution in [0.5, 0.6) is 0 Å². The smallest absolute Gasteiger partial charge is 0.336 e. The first-order valence-corrected chi connectivity index (χ1v) is 7.87. The Labute approximate surface area is 135 Å². The molecule has 0 aromatic rings. The fraction of sp³-hybridized carbons (Fsp3) is 0.588. The van der Waals surface area contributed by atoms with Crippen molar-refractivity contribution in [1.82, 2.24) is 5.32 Å². The van der Waals surface area contributed by atoms with Crippen LogP contribution in [0.4, 0.5) is 0 Å². The van der Waals surface area contributed by atoms with E-state index in [-0.39, 0.29) is 30.0 Å². The molecule has 2 aliphatic rings. The van der Waals surface area contributed by atoms with Crippen molar-refractivity contribution in [2.75, 3.05) is 13.2 Å². The zero-order chi connectivity index (χ0) is 17.2. The number of carbonyl (C=O) groups excluding carboxylic acids is 3. The Hall–Kier alpha value is -2.11. The Bertz CT molecular complexity index is 600. The van der Waals surface area contributed by atoms with Gasteiger partial charge in [0.25, 0.3) is 0 Å². The Morgan fingerprint density at radius 3 is 2.48 bits per heavy atom. The first kappa shape index (κ1) is 17.2. The van der Waals surface area contributed by atoms with Gasteiger partial charge in [0.15, 0.2) is 5.78 Å². The van der Waals surface area contributed by atoms with E-state index in [4.69, 9.17) is 9.47 Å². The molecule has 1 aliphatic heterocycles. The molecule has 0 amide bonds. The van der Waals surface area contributed by atoms with Crippen molar-refractivity contribution in [3.05, 3.63) is 23.0 Å². The molecule has 23 heavy (non-hydrogen) atoms. The summed E-state index contributed by atoms with van der Waals surface area (Å²) in [6.45, 7) is 7.75. The predicted molar refractivity (Wildman–Crippen MR) is 83.0 cm³/mol. The van der Waals surface area contributed by atoms with E-state index < -0.39 is 17.9 Å². The molecule has 0 aromatic heterocycles. The number of ether oxygens (including phenoxy) is 2. The van der Waals surface area contributed by atoms with Crippen LogP contribution in [0.25, 0.3) is 0 Å². The van der Waals surface area contributed by atoms with Crippen LogP contribution < -0.4 is 5.32 Å². The summed E-state index contributed by atoms with van der Waals surface area (Å²) >= 11 is 0. The second-order valence-electron chi connectivity index (χ2n) is 6.48. The molecule has 1 atom stereocenters. The summed E-state index contributed by atoms with van der Waals surface area (Å²) in [6, 6.07) is 0. The number of allylic oxidation sites excluding steroid dienone is 1. The third kappa shape index (κ3) is 3.46. The molecule has 0 radical (unpaired) electrons. The van der Waals surface area contributed by atoms with Crippen molar-refractivity contribution < 1.29 is 23.9 Å². The molecule has 0 bridgehead atoms. The first-order valence-electron chi connectivity index (χ1n) is 7.87. The van der Waals surface area contributed by atoms with Gasteiger partial charge in [-0.1, -0.05) is 13.8 Å². The molecule has 1 heterocycles. The molecular formula is C17H23NO5. The summed E-state index contributed by atoms with van der Waals surface area (Å²) in [5, 5.41) is 3.01. The minimum Gasteiger partial charge on any atom is -0.465 e. The highest BCUT2D eigenvalue weighted by Gasteiger charge is 2.44. The van der Waals surface area contributed by atoms with Crippen molar-refractivity contribution in [2.24, 2.45) is 11.3 Å². The van der Waals surface area contributed by atoms with E-state index >= 15 is 0 Å². The zero-order valence-corrected chi connectivity index (χ0v) is 14.0. The van der Waals surface area contributed by atoms with Gasteiger partial charge in [-0.25, -0.2) is 4.79 Å². The van der Waals surface area contributed by atoms with Gasteiger partial charge in [0.1, 0.15) is 5.92 Å². The van der Waals surface area contributed by atoms with Gasteiger partial charge < -0.3 is 14.8 Å². The molecule has 0 fully saturated rings. The van der Waals surface area contributed by atoms with Crippen LogP contribution in [-0.4, -0.2) is 30.9 Å². The van der Waals surface area contributed by atoms with Gasteiger partial charge in [-0.2, -0.15) is 0 Å². The monoisotopic (exact) mass is 321 g/mol. The summed E-state index contributed by atoms with van der Waals surface area (Å²) in [6.07, 6.45) is 2.43. The van der Waals surface area contributed by atoms with Crippen LogP contribution in [0.2, 0.25) is 0 Å². The Morgan fingerprint density at radius 1 is 1.22 bits per heavy atom. The fourth-order valence-corrected chi connectivity index (χ4v) is 3.06. The van der Waals surface area contributed by atoms with Crippen molar-refractivity contribution >= 4 is 17.7 Å². The Kier molecular flexibility index (Phi) is 4.92. The summed E-state index contributed by atoms with van der Waals surface area (Å²) in [5.41, 5.74) is 0.972. The van der Waals surface area contributed by atoms with Crippen LogP contribution in [0, 0.1) is 11.3 Å². The quantitative estimate of drug-likeness (QED) is 0.796. The number of esters is 2. The standard InChI is InChI=1S/C17H23NO5/c1-5-22-15(20)10-9-18-11-7-17(3,4)8-12(19)14(11)13(10)16(21)23-6-2/h9,13,18H,5-8H2,1-4H3. The van der Waals surface area contributed by atoms with E-state index in [1.807, 2.05) is 13.8 Å². The summed E-state index contributed by atoms with van der Waals surface area (Å²) in [7, 11) is 0. The number of hydrogen-bond donors (Lipinski definition) is 1. The predicted octanol–water partition coefficient (Wildman–Crippen LogP) is 1.86. The van der Waals surface area contributed by atoms with Gasteiger partial charge in [0.05, 0.1) is 18.8 Å². The fourth-order valence-electron chi connectivity index (χ4n) is 3.06. The number of Topliss-reactive ketones (excluding diaryl/α,β-unsaturated/α-hetero) is 1. The third-order valence-electron chi connectivity index (χ3n) is 3.95. The maximum absolute atomic E-state index is 12.6. The molecule has 6 nitrogen and oxygen atoms in total. The topological polar surface area (TPSA) is 81.7 Å². The minimum atomic E-state index is -1.01. The van der Waals surface area contributed by atoms with Crippen molar-refractivity contribution in [1.29, 1.82) is 0 Å². The number of dihydropyridines is 1. The van der Waals surface area contributed by atoms with Gasteiger partial charge in [-0.3, -0.25) is 9.59 Å². The van der Waals surface area contributed by atoms with E-state index in [0.717, 1.165) is 0 Å². The zero-order valence-electron chi connectivity index (χ0n) is 14.0. The number of rotatable bonds is 4. The lowest BCUT2D eigenvalue weighted by molar-refractivity contribution is -0.149. The average Bonchev–Trinajstić information content (AvgIpc) is 2.45. The SMILES string of the molecule is CCOC(=O)C1=CNC2=C(C(=O)CC(C)(C)C2)C1C(=O)OCC. The van der Waals surface area contributed by atoms with E-state index in [9.17, 15) is 14.4 Å². The minimum absolute atomic E-state index is 0.122. The van der Waals surface area contributed by atoms with Gasteiger partial charge in [-0.05, 0) is 25.7 Å². The molecule has 1 N–H and O–H groups in total. The van der Waals surface area contributed by atoms with Crippen LogP contribution >= 0.6 is 0 Å². The summed E-state index contributed by atoms with van der Waals surface area (Å²) < 4.78 is 10.1. The second kappa shape index (κ2) is 6.56. The maximum atomic E-state index is 12.6. The Balaban J connectivity index is 2.44. The first-order chi connectivity index (χ1) is 10.8. The lowest BCUT2D eigenvalue weighted by Gasteiger charge is -2.36. The van der Waals surface area contributed by atoms with E-state index in [2.05, 4.69) is 5.32 Å². The van der Waals surface area contributed by atoms with E-state index in [0.29, 0.717) is 24.1 Å². The molecule has 1 unspecified atom stereocenters. The second-order valence-corrected chi connectivity index (χ2v) is 6.48. The Morgan fingerprint density at radius 2 is 1.87 bits per heavy atom. The van der Waals surface area contributed by atoms with Crippen LogP contribution in [0.1, 0.15) is 40.5 Å².